The molecule has 116 valence electrons. The predicted molar refractivity (Wildman–Crippen MR) is 73.5 cm³/mol. The van der Waals surface area contributed by atoms with Crippen molar-refractivity contribution in [3.05, 3.63) is 24.3 Å². The minimum absolute atomic E-state index is 0.00330. The van der Waals surface area contributed by atoms with Gasteiger partial charge in [0.25, 0.3) is 0 Å². The Kier molecular flexibility index (Phi) is 5.46. The van der Waals surface area contributed by atoms with Crippen LogP contribution in [0.2, 0.25) is 0 Å². The van der Waals surface area contributed by atoms with Crippen molar-refractivity contribution in [2.45, 2.75) is 19.6 Å². The molecule has 21 heavy (non-hydrogen) atoms. The van der Waals surface area contributed by atoms with Crippen LogP contribution in [0.25, 0.3) is 0 Å². The highest BCUT2D eigenvalue weighted by molar-refractivity contribution is 5.93. The van der Waals surface area contributed by atoms with Crippen LogP contribution in [0.4, 0.5) is 14.5 Å². The maximum Gasteiger partial charge on any atom is 0.387 e. The summed E-state index contributed by atoms with van der Waals surface area (Å²) in [4.78, 5) is 12.2. The molecule has 1 aliphatic heterocycles. The molecule has 0 bridgehead atoms. The molecule has 0 aliphatic carbocycles. The molecule has 1 fully saturated rings. The van der Waals surface area contributed by atoms with Crippen molar-refractivity contribution in [2.75, 3.05) is 25.1 Å². The number of alkyl halides is 2. The second-order valence-corrected chi connectivity index (χ2v) is 4.70. The van der Waals surface area contributed by atoms with Gasteiger partial charge in [-0.25, -0.2) is 0 Å². The monoisotopic (exact) mass is 300 g/mol. The zero-order valence-electron chi connectivity index (χ0n) is 11.6. The fourth-order valence-electron chi connectivity index (χ4n) is 2.23. The van der Waals surface area contributed by atoms with Crippen LogP contribution in [0, 0.1) is 5.92 Å². The fraction of sp³-hybridized carbons (Fsp3) is 0.500. The second-order valence-electron chi connectivity index (χ2n) is 4.70. The number of nitrogens with one attached hydrogen (secondary N) is 2. The Balaban J connectivity index is 1.93. The minimum Gasteiger partial charge on any atom is -0.435 e. The first kappa shape index (κ1) is 15.7. The average Bonchev–Trinajstić information content (AvgIpc) is 2.89. The summed E-state index contributed by atoms with van der Waals surface area (Å²) in [6.07, 6.45) is 0. The number of hydrogen-bond acceptors (Lipinski definition) is 4. The van der Waals surface area contributed by atoms with Gasteiger partial charge in [-0.1, -0.05) is 6.92 Å². The molecule has 2 rings (SSSR count). The molecule has 1 aliphatic rings. The van der Waals surface area contributed by atoms with Crippen molar-refractivity contribution in [1.82, 2.24) is 5.32 Å². The lowest BCUT2D eigenvalue weighted by atomic mass is 10.0. The van der Waals surface area contributed by atoms with Gasteiger partial charge in [-0.2, -0.15) is 8.78 Å². The van der Waals surface area contributed by atoms with Crippen LogP contribution in [0.3, 0.4) is 0 Å². The summed E-state index contributed by atoms with van der Waals surface area (Å²) in [6, 6.07) is 5.81. The minimum atomic E-state index is -2.86. The number of carbonyl (C=O) groups excluding carboxylic acids is 1. The normalized spacial score (nSPS) is 21.5. The van der Waals surface area contributed by atoms with E-state index in [1.54, 1.807) is 0 Å². The van der Waals surface area contributed by atoms with Gasteiger partial charge >= 0.3 is 6.61 Å². The van der Waals surface area contributed by atoms with Crippen LogP contribution in [0.1, 0.15) is 6.92 Å². The highest BCUT2D eigenvalue weighted by atomic mass is 19.3. The summed E-state index contributed by atoms with van der Waals surface area (Å²) in [5.74, 6) is -0.361. The highest BCUT2D eigenvalue weighted by Crippen LogP contribution is 2.20. The molecule has 5 nitrogen and oxygen atoms in total. The molecule has 0 saturated carbocycles. The van der Waals surface area contributed by atoms with Crippen LogP contribution in [0.15, 0.2) is 24.3 Å². The van der Waals surface area contributed by atoms with E-state index >= 15 is 0 Å². The van der Waals surface area contributed by atoms with Crippen molar-refractivity contribution in [1.29, 1.82) is 0 Å². The molecule has 7 heteroatoms. The smallest absolute Gasteiger partial charge is 0.387 e. The van der Waals surface area contributed by atoms with E-state index in [0.717, 1.165) is 6.54 Å². The van der Waals surface area contributed by atoms with E-state index in [-0.39, 0.29) is 23.6 Å². The number of likely N-dealkylation sites (N-methyl/N-ethyl adjacent to an activating group) is 1. The zero-order chi connectivity index (χ0) is 15.2. The van der Waals surface area contributed by atoms with Crippen LogP contribution < -0.4 is 15.4 Å². The Morgan fingerprint density at radius 2 is 2.10 bits per heavy atom. The van der Waals surface area contributed by atoms with E-state index in [0.29, 0.717) is 18.9 Å². The number of ether oxygens (including phenoxy) is 2. The van der Waals surface area contributed by atoms with Gasteiger partial charge in [-0.3, -0.25) is 4.79 Å². The highest BCUT2D eigenvalue weighted by Gasteiger charge is 2.33. The molecule has 0 aromatic heterocycles. The lowest BCUT2D eigenvalue weighted by molar-refractivity contribution is -0.120. The van der Waals surface area contributed by atoms with Crippen molar-refractivity contribution < 1.29 is 23.0 Å². The lowest BCUT2D eigenvalue weighted by Gasteiger charge is -2.17. The molecular formula is C14H18F2N2O3. The van der Waals surface area contributed by atoms with Crippen molar-refractivity contribution in [3.8, 4) is 5.75 Å². The number of rotatable bonds is 6. The van der Waals surface area contributed by atoms with Crippen LogP contribution in [-0.2, 0) is 9.53 Å². The Hall–Kier alpha value is -1.73. The molecule has 1 heterocycles. The van der Waals surface area contributed by atoms with Crippen molar-refractivity contribution >= 4 is 11.6 Å². The Morgan fingerprint density at radius 3 is 2.71 bits per heavy atom. The molecule has 1 aromatic rings. The third-order valence-electron chi connectivity index (χ3n) is 3.23. The topological polar surface area (TPSA) is 59.6 Å². The third kappa shape index (κ3) is 4.37. The second kappa shape index (κ2) is 7.33. The van der Waals surface area contributed by atoms with Gasteiger partial charge in [0.15, 0.2) is 0 Å². The summed E-state index contributed by atoms with van der Waals surface area (Å²) >= 11 is 0. The van der Waals surface area contributed by atoms with E-state index in [2.05, 4.69) is 15.4 Å². The van der Waals surface area contributed by atoms with Crippen molar-refractivity contribution in [2.24, 2.45) is 5.92 Å². The molecular weight excluding hydrogens is 282 g/mol. The summed E-state index contributed by atoms with van der Waals surface area (Å²) < 4.78 is 33.6. The van der Waals surface area contributed by atoms with Crippen LogP contribution in [0.5, 0.6) is 5.75 Å². The summed E-state index contributed by atoms with van der Waals surface area (Å²) in [5, 5.41) is 5.95. The number of amides is 1. The predicted octanol–water partition coefficient (Wildman–Crippen LogP) is 1.85. The number of halogens is 2. The van der Waals surface area contributed by atoms with Gasteiger partial charge in [-0.05, 0) is 30.8 Å². The van der Waals surface area contributed by atoms with E-state index in [1.165, 1.54) is 24.3 Å². The summed E-state index contributed by atoms with van der Waals surface area (Å²) in [7, 11) is 0. The standard InChI is InChI=1S/C14H18F2N2O3/c1-2-17-12-8-20-7-11(12)13(19)18-9-3-5-10(6-4-9)21-14(15)16/h3-6,11-12,14,17H,2,7-8H2,1H3,(H,18,19). The van der Waals surface area contributed by atoms with Gasteiger partial charge in [-0.15, -0.1) is 0 Å². The molecule has 2 unspecified atom stereocenters. The maximum absolute atomic E-state index is 12.2. The molecule has 2 N–H and O–H groups in total. The number of carbonyl (C=O) groups is 1. The first-order valence-electron chi connectivity index (χ1n) is 6.77. The van der Waals surface area contributed by atoms with E-state index in [4.69, 9.17) is 4.74 Å². The maximum atomic E-state index is 12.2. The van der Waals surface area contributed by atoms with Gasteiger partial charge < -0.3 is 20.1 Å². The zero-order valence-corrected chi connectivity index (χ0v) is 11.6. The van der Waals surface area contributed by atoms with Gasteiger partial charge in [0.05, 0.1) is 19.1 Å². The molecule has 0 spiro atoms. The number of hydrogen-bond donors (Lipinski definition) is 2. The summed E-state index contributed by atoms with van der Waals surface area (Å²) in [6.45, 7) is 0.748. The van der Waals surface area contributed by atoms with E-state index < -0.39 is 6.61 Å². The van der Waals surface area contributed by atoms with E-state index in [1.807, 2.05) is 6.92 Å². The van der Waals surface area contributed by atoms with Crippen LogP contribution >= 0.6 is 0 Å². The molecule has 1 amide bonds. The Morgan fingerprint density at radius 1 is 1.38 bits per heavy atom. The lowest BCUT2D eigenvalue weighted by Crippen LogP contribution is -2.41. The van der Waals surface area contributed by atoms with Crippen LogP contribution in [-0.4, -0.2) is 38.3 Å². The van der Waals surface area contributed by atoms with Gasteiger partial charge in [0.2, 0.25) is 5.91 Å². The van der Waals surface area contributed by atoms with E-state index in [9.17, 15) is 13.6 Å². The fourth-order valence-corrected chi connectivity index (χ4v) is 2.23. The number of benzene rings is 1. The molecule has 0 radical (unpaired) electrons. The van der Waals surface area contributed by atoms with Gasteiger partial charge in [0, 0.05) is 11.7 Å². The Labute approximate surface area is 121 Å². The van der Waals surface area contributed by atoms with Crippen molar-refractivity contribution in [3.63, 3.8) is 0 Å². The van der Waals surface area contributed by atoms with Gasteiger partial charge in [0.1, 0.15) is 5.75 Å². The summed E-state index contributed by atoms with van der Waals surface area (Å²) in [5.41, 5.74) is 0.531. The first-order chi connectivity index (χ1) is 10.1. The first-order valence-corrected chi connectivity index (χ1v) is 6.77. The molecule has 2 atom stereocenters. The molecule has 1 saturated heterocycles. The average molecular weight is 300 g/mol. The quantitative estimate of drug-likeness (QED) is 0.842. The third-order valence-corrected chi connectivity index (χ3v) is 3.23. The SMILES string of the molecule is CCNC1COCC1C(=O)Nc1ccc(OC(F)F)cc1. The largest absolute Gasteiger partial charge is 0.435 e. The molecule has 1 aromatic carbocycles. The number of anilines is 1. The Bertz CT molecular complexity index is 468.